The summed E-state index contributed by atoms with van der Waals surface area (Å²) < 4.78 is 1.90. The van der Waals surface area contributed by atoms with E-state index in [1.807, 2.05) is 35.8 Å². The monoisotopic (exact) mass is 400 g/mol. The maximum absolute atomic E-state index is 12.7. The molecule has 0 atom stereocenters. The predicted octanol–water partition coefficient (Wildman–Crippen LogP) is 5.07. The standard InChI is InChI=1S/C21H18Cl2N2O2/c1-13-10-19(26)20(21(27)24-17-6-4-3-5-7-17)14(2)25(13)12-15-8-9-16(22)11-18(15)23/h3-11H,12H2,1-2H3,(H,24,27). The van der Waals surface area contributed by atoms with Gasteiger partial charge in [0.15, 0.2) is 5.43 Å². The molecule has 0 saturated carbocycles. The van der Waals surface area contributed by atoms with Crippen LogP contribution in [0.25, 0.3) is 0 Å². The molecule has 0 radical (unpaired) electrons. The lowest BCUT2D eigenvalue weighted by molar-refractivity contribution is 0.102. The van der Waals surface area contributed by atoms with Gasteiger partial charge in [-0.05, 0) is 43.7 Å². The summed E-state index contributed by atoms with van der Waals surface area (Å²) in [5, 5.41) is 3.87. The van der Waals surface area contributed by atoms with Crippen LogP contribution in [-0.2, 0) is 6.54 Å². The predicted molar refractivity (Wildman–Crippen MR) is 110 cm³/mol. The van der Waals surface area contributed by atoms with E-state index in [1.165, 1.54) is 6.07 Å². The molecule has 0 saturated heterocycles. The Morgan fingerprint density at radius 3 is 2.41 bits per heavy atom. The van der Waals surface area contributed by atoms with Gasteiger partial charge in [0.25, 0.3) is 5.91 Å². The van der Waals surface area contributed by atoms with E-state index in [4.69, 9.17) is 23.2 Å². The van der Waals surface area contributed by atoms with Gasteiger partial charge in [0, 0.05) is 39.7 Å². The van der Waals surface area contributed by atoms with Crippen LogP contribution in [0.1, 0.15) is 27.3 Å². The number of anilines is 1. The number of amides is 1. The fourth-order valence-corrected chi connectivity index (χ4v) is 3.44. The lowest BCUT2D eigenvalue weighted by Crippen LogP contribution is -2.27. The molecule has 1 heterocycles. The number of hydrogen-bond donors (Lipinski definition) is 1. The molecule has 6 heteroatoms. The number of aryl methyl sites for hydroxylation is 1. The van der Waals surface area contributed by atoms with Crippen LogP contribution in [0.15, 0.2) is 59.4 Å². The lowest BCUT2D eigenvalue weighted by Gasteiger charge is -2.18. The Hall–Kier alpha value is -2.56. The van der Waals surface area contributed by atoms with Crippen molar-refractivity contribution >= 4 is 34.8 Å². The third kappa shape index (κ3) is 4.24. The molecule has 0 aliphatic rings. The second kappa shape index (κ2) is 7.99. The first-order valence-corrected chi connectivity index (χ1v) is 9.14. The van der Waals surface area contributed by atoms with Crippen LogP contribution in [-0.4, -0.2) is 10.5 Å². The molecule has 27 heavy (non-hydrogen) atoms. The number of hydrogen-bond acceptors (Lipinski definition) is 2. The van der Waals surface area contributed by atoms with E-state index in [9.17, 15) is 9.59 Å². The molecule has 1 amide bonds. The fraction of sp³-hybridized carbons (Fsp3) is 0.143. The van der Waals surface area contributed by atoms with E-state index in [1.54, 1.807) is 31.2 Å². The molecule has 0 aliphatic heterocycles. The number of para-hydroxylation sites is 1. The minimum Gasteiger partial charge on any atom is -0.344 e. The topological polar surface area (TPSA) is 51.1 Å². The zero-order valence-corrected chi connectivity index (χ0v) is 16.4. The number of nitrogens with one attached hydrogen (secondary N) is 1. The Kier molecular flexibility index (Phi) is 5.68. The minimum atomic E-state index is -0.431. The molecule has 1 N–H and O–H groups in total. The Morgan fingerprint density at radius 1 is 1.04 bits per heavy atom. The van der Waals surface area contributed by atoms with Crippen LogP contribution in [0.2, 0.25) is 10.0 Å². The molecular weight excluding hydrogens is 383 g/mol. The van der Waals surface area contributed by atoms with E-state index in [-0.39, 0.29) is 11.0 Å². The summed E-state index contributed by atoms with van der Waals surface area (Å²) in [5.41, 5.74) is 2.63. The summed E-state index contributed by atoms with van der Waals surface area (Å²) in [5.74, 6) is -0.431. The number of nitrogens with zero attached hydrogens (tertiary/aromatic N) is 1. The van der Waals surface area contributed by atoms with Gasteiger partial charge in [0.05, 0.1) is 0 Å². The van der Waals surface area contributed by atoms with Crippen molar-refractivity contribution in [2.24, 2.45) is 0 Å². The van der Waals surface area contributed by atoms with E-state index < -0.39 is 5.91 Å². The number of carbonyl (C=O) groups excluding carboxylic acids is 1. The van der Waals surface area contributed by atoms with Crippen LogP contribution in [0.5, 0.6) is 0 Å². The molecule has 3 aromatic rings. The second-order valence-corrected chi connectivity index (χ2v) is 7.10. The Bertz CT molecular complexity index is 1060. The van der Waals surface area contributed by atoms with Crippen molar-refractivity contribution in [2.75, 3.05) is 5.32 Å². The third-order valence-electron chi connectivity index (χ3n) is 4.38. The van der Waals surface area contributed by atoms with E-state index >= 15 is 0 Å². The van der Waals surface area contributed by atoms with Crippen LogP contribution in [0.3, 0.4) is 0 Å². The Balaban J connectivity index is 2.00. The third-order valence-corrected chi connectivity index (χ3v) is 4.97. The van der Waals surface area contributed by atoms with Crippen molar-refractivity contribution in [3.8, 4) is 0 Å². The first kappa shape index (κ1) is 19.2. The van der Waals surface area contributed by atoms with Crippen LogP contribution >= 0.6 is 23.2 Å². The lowest BCUT2D eigenvalue weighted by atomic mass is 10.1. The molecule has 0 bridgehead atoms. The van der Waals surface area contributed by atoms with Crippen molar-refractivity contribution < 1.29 is 4.79 Å². The molecule has 0 spiro atoms. The van der Waals surface area contributed by atoms with Gasteiger partial charge in [-0.3, -0.25) is 9.59 Å². The zero-order valence-electron chi connectivity index (χ0n) is 14.9. The summed E-state index contributed by atoms with van der Waals surface area (Å²) in [6.45, 7) is 4.02. The summed E-state index contributed by atoms with van der Waals surface area (Å²) >= 11 is 12.2. The normalized spacial score (nSPS) is 10.7. The molecule has 1 aromatic heterocycles. The van der Waals surface area contributed by atoms with Gasteiger partial charge >= 0.3 is 0 Å². The maximum atomic E-state index is 12.7. The van der Waals surface area contributed by atoms with Gasteiger partial charge in [-0.15, -0.1) is 0 Å². The quantitative estimate of drug-likeness (QED) is 0.664. The van der Waals surface area contributed by atoms with Crippen LogP contribution < -0.4 is 10.7 Å². The summed E-state index contributed by atoms with van der Waals surface area (Å²) in [6.07, 6.45) is 0. The van der Waals surface area contributed by atoms with Crippen LogP contribution in [0.4, 0.5) is 5.69 Å². The number of halogens is 2. The van der Waals surface area contributed by atoms with Gasteiger partial charge in [0.2, 0.25) is 0 Å². The SMILES string of the molecule is Cc1cc(=O)c(C(=O)Nc2ccccc2)c(C)n1Cc1ccc(Cl)cc1Cl. The average molecular weight is 401 g/mol. The van der Waals surface area contributed by atoms with Gasteiger partial charge in [0.1, 0.15) is 5.56 Å². The highest BCUT2D eigenvalue weighted by Crippen LogP contribution is 2.23. The second-order valence-electron chi connectivity index (χ2n) is 6.25. The van der Waals surface area contributed by atoms with E-state index in [0.29, 0.717) is 28.0 Å². The van der Waals surface area contributed by atoms with Gasteiger partial charge in [-0.2, -0.15) is 0 Å². The van der Waals surface area contributed by atoms with Gasteiger partial charge < -0.3 is 9.88 Å². The minimum absolute atomic E-state index is 0.120. The van der Waals surface area contributed by atoms with E-state index in [2.05, 4.69) is 5.32 Å². The van der Waals surface area contributed by atoms with E-state index in [0.717, 1.165) is 11.3 Å². The first-order valence-electron chi connectivity index (χ1n) is 8.38. The van der Waals surface area contributed by atoms with Crippen molar-refractivity contribution in [3.05, 3.63) is 97.4 Å². The summed E-state index contributed by atoms with van der Waals surface area (Å²) in [7, 11) is 0. The highest BCUT2D eigenvalue weighted by molar-refractivity contribution is 6.35. The number of benzene rings is 2. The maximum Gasteiger partial charge on any atom is 0.261 e. The summed E-state index contributed by atoms with van der Waals surface area (Å²) in [6, 6.07) is 15.8. The Morgan fingerprint density at radius 2 is 1.74 bits per heavy atom. The summed E-state index contributed by atoms with van der Waals surface area (Å²) in [4.78, 5) is 25.2. The van der Waals surface area contributed by atoms with Crippen LogP contribution in [0, 0.1) is 13.8 Å². The molecule has 0 fully saturated rings. The molecule has 0 unspecified atom stereocenters. The molecule has 3 rings (SSSR count). The number of carbonyl (C=O) groups is 1. The van der Waals surface area contributed by atoms with Crippen molar-refractivity contribution in [1.82, 2.24) is 4.57 Å². The van der Waals surface area contributed by atoms with Gasteiger partial charge in [-0.25, -0.2) is 0 Å². The molecule has 0 aliphatic carbocycles. The molecule has 2 aromatic carbocycles. The molecule has 138 valence electrons. The highest BCUT2D eigenvalue weighted by atomic mass is 35.5. The van der Waals surface area contributed by atoms with Crippen molar-refractivity contribution in [3.63, 3.8) is 0 Å². The van der Waals surface area contributed by atoms with Crippen molar-refractivity contribution in [2.45, 2.75) is 20.4 Å². The number of aromatic nitrogens is 1. The smallest absolute Gasteiger partial charge is 0.261 e. The van der Waals surface area contributed by atoms with Crippen molar-refractivity contribution in [1.29, 1.82) is 0 Å². The largest absolute Gasteiger partial charge is 0.344 e. The zero-order chi connectivity index (χ0) is 19.6. The number of rotatable bonds is 4. The Labute approximate surface area is 167 Å². The van der Waals surface area contributed by atoms with Gasteiger partial charge in [-0.1, -0.05) is 47.5 Å². The fourth-order valence-electron chi connectivity index (χ4n) is 2.97. The number of pyridine rings is 1. The average Bonchev–Trinajstić information content (AvgIpc) is 2.60. The highest BCUT2D eigenvalue weighted by Gasteiger charge is 2.18. The molecule has 4 nitrogen and oxygen atoms in total. The molecular formula is C21H18Cl2N2O2. The first-order chi connectivity index (χ1) is 12.9.